The number of hydrogen-bond donors (Lipinski definition) is 5. The summed E-state index contributed by atoms with van der Waals surface area (Å²) in [7, 11) is 0.680. The maximum absolute atomic E-state index is 14.9. The molecule has 0 aliphatic carbocycles. The number of aromatic nitrogens is 4. The third-order valence-corrected chi connectivity index (χ3v) is 14.7. The first-order valence-corrected chi connectivity index (χ1v) is 26.9. The molecule has 1 fully saturated rings. The van der Waals surface area contributed by atoms with Gasteiger partial charge in [0.25, 0.3) is 11.5 Å². The molecule has 7 rings (SSSR count). The van der Waals surface area contributed by atoms with Crippen LogP contribution in [0.5, 0.6) is 11.6 Å². The number of nitrogens with zero attached hydrogens (tertiary/aromatic N) is 5. The lowest BCUT2D eigenvalue weighted by Gasteiger charge is -2.33. The van der Waals surface area contributed by atoms with Crippen LogP contribution < -0.4 is 36.3 Å². The van der Waals surface area contributed by atoms with Crippen LogP contribution in [0.15, 0.2) is 87.1 Å². The summed E-state index contributed by atoms with van der Waals surface area (Å²) in [5.74, 6) is 6.42. The van der Waals surface area contributed by atoms with Crippen molar-refractivity contribution in [1.82, 2.24) is 34.2 Å². The Kier molecular flexibility index (Phi) is 20.8. The average molecular weight is 1120 g/mol. The number of anilines is 3. The van der Waals surface area contributed by atoms with Gasteiger partial charge in [0.15, 0.2) is 6.61 Å². The normalized spacial score (nSPS) is 15.4. The highest BCUT2D eigenvalue weighted by atomic mass is 32.2. The lowest BCUT2D eigenvalue weighted by Crippen LogP contribution is -2.46. The number of alkyl halides is 4. The van der Waals surface area contributed by atoms with Gasteiger partial charge in [0.1, 0.15) is 29.9 Å². The van der Waals surface area contributed by atoms with Gasteiger partial charge in [0.05, 0.1) is 98.6 Å². The molecule has 1 aliphatic heterocycles. The van der Waals surface area contributed by atoms with Crippen molar-refractivity contribution in [2.75, 3.05) is 116 Å². The van der Waals surface area contributed by atoms with Crippen molar-refractivity contribution in [1.29, 1.82) is 0 Å². The molecule has 426 valence electrons. The fourth-order valence-corrected chi connectivity index (χ4v) is 9.88. The van der Waals surface area contributed by atoms with E-state index in [2.05, 4.69) is 48.2 Å². The van der Waals surface area contributed by atoms with Crippen molar-refractivity contribution < 1.29 is 59.0 Å². The van der Waals surface area contributed by atoms with Crippen LogP contribution in [0.4, 0.5) is 34.6 Å². The maximum atomic E-state index is 14.9. The molecule has 2 aromatic carbocycles. The molecule has 4 aromatic heterocycles. The van der Waals surface area contributed by atoms with Gasteiger partial charge in [-0.05, 0) is 82.6 Å². The van der Waals surface area contributed by atoms with Crippen LogP contribution >= 0.6 is 0 Å². The Morgan fingerprint density at radius 1 is 0.987 bits per heavy atom. The van der Waals surface area contributed by atoms with Crippen molar-refractivity contribution >= 4 is 43.9 Å². The van der Waals surface area contributed by atoms with E-state index in [1.54, 1.807) is 61.7 Å². The first-order valence-electron chi connectivity index (χ1n) is 25.5. The molecule has 20 nitrogen and oxygen atoms in total. The van der Waals surface area contributed by atoms with Crippen molar-refractivity contribution in [2.24, 2.45) is 0 Å². The molecule has 25 heteroatoms. The fraction of sp³-hybridized carbons (Fsp3) is 0.444. The summed E-state index contributed by atoms with van der Waals surface area (Å²) in [5, 5.41) is 16.7. The summed E-state index contributed by atoms with van der Waals surface area (Å²) in [6.07, 6.45) is -3.53. The van der Waals surface area contributed by atoms with E-state index in [0.29, 0.717) is 58.1 Å². The second-order valence-corrected chi connectivity index (χ2v) is 20.7. The Hall–Kier alpha value is -7.21. The molecular weight excluding hydrogens is 1060 g/mol. The Morgan fingerprint density at radius 2 is 1.73 bits per heavy atom. The number of aryl methyl sites for hydroxylation is 2. The van der Waals surface area contributed by atoms with Gasteiger partial charge in [-0.15, -0.1) is 0 Å². The van der Waals surface area contributed by atoms with Crippen LogP contribution in [0, 0.1) is 25.7 Å². The molecule has 3 atom stereocenters. The highest BCUT2D eigenvalue weighted by Gasteiger charge is 2.31. The number of pyridine rings is 2. The number of amides is 1. The van der Waals surface area contributed by atoms with E-state index in [0.717, 1.165) is 20.0 Å². The van der Waals surface area contributed by atoms with Crippen LogP contribution in [0.25, 0.3) is 22.0 Å². The van der Waals surface area contributed by atoms with Gasteiger partial charge in [0.2, 0.25) is 15.9 Å². The van der Waals surface area contributed by atoms with E-state index < -0.39 is 35.0 Å². The maximum Gasteiger partial charge on any atom is 0.406 e. The van der Waals surface area contributed by atoms with Crippen LogP contribution in [0.1, 0.15) is 42.2 Å². The number of carbonyl (C=O) groups excluding carboxylic acids is 1. The fourth-order valence-electron chi connectivity index (χ4n) is 8.71. The molecule has 1 saturated heterocycles. The summed E-state index contributed by atoms with van der Waals surface area (Å²) in [6.45, 7) is 6.41. The zero-order chi connectivity index (χ0) is 56.7. The lowest BCUT2D eigenvalue weighted by atomic mass is 10.0. The number of aromatic amines is 1. The molecule has 79 heavy (non-hydrogen) atoms. The molecule has 1 aliphatic rings. The number of methoxy groups -OCH3 is 1. The van der Waals surface area contributed by atoms with Crippen LogP contribution in [0.3, 0.4) is 0 Å². The van der Waals surface area contributed by atoms with E-state index in [-0.39, 0.29) is 112 Å². The molecule has 5 heterocycles. The number of fused-ring (bicyclic) bond motifs is 1. The lowest BCUT2D eigenvalue weighted by molar-refractivity contribution is -0.140. The first-order chi connectivity index (χ1) is 37.8. The van der Waals surface area contributed by atoms with Gasteiger partial charge in [-0.1, -0.05) is 23.2 Å². The number of halogens is 4. The van der Waals surface area contributed by atoms with E-state index in [1.165, 1.54) is 32.4 Å². The number of rotatable bonds is 27. The summed E-state index contributed by atoms with van der Waals surface area (Å²) >= 11 is 0. The van der Waals surface area contributed by atoms with Gasteiger partial charge in [-0.25, -0.2) is 17.8 Å². The topological polar surface area (TPSA) is 229 Å². The highest BCUT2D eigenvalue weighted by molar-refractivity contribution is 7.89. The van der Waals surface area contributed by atoms with E-state index in [4.69, 9.17) is 28.2 Å². The standard InChI is InChI=1S/C54H66F4N10O10S/c1-35(62-47-28-38(31-61-53(47)70)52-36(2)65-78-37(52)3)43-11-8-14-51(64-43)77-33-50(69)60-19-22-74-24-26-76-27-25-75-23-21-67(5)79(71,72)40-15-16-46(49(30-40)73-6)59-18-9-10-39-29-41-44(63-45-17-20-66(4)32-42(45)55)12-7-13-48(41)68(39)34-54(56,57)58/h7-8,11-16,28-31,35,42,45,59,62-63H,17-27,32-34H2,1-6H3,(H,60,69)(H,61,70)/t35-,42+,45?/m1/s1. The van der Waals surface area contributed by atoms with Crippen molar-refractivity contribution in [3.05, 3.63) is 106 Å². The van der Waals surface area contributed by atoms with E-state index in [9.17, 15) is 35.6 Å². The minimum absolute atomic E-state index is 0.0156. The number of sulfonamides is 1. The van der Waals surface area contributed by atoms with Gasteiger partial charge in [-0.2, -0.15) is 17.5 Å². The Morgan fingerprint density at radius 3 is 2.46 bits per heavy atom. The van der Waals surface area contributed by atoms with Gasteiger partial charge in [0, 0.05) is 73.8 Å². The molecule has 0 saturated carbocycles. The predicted molar refractivity (Wildman–Crippen MR) is 290 cm³/mol. The van der Waals surface area contributed by atoms with E-state index >= 15 is 0 Å². The van der Waals surface area contributed by atoms with Crippen LogP contribution in [-0.4, -0.2) is 162 Å². The molecular formula is C54H66F4N10O10S. The summed E-state index contributed by atoms with van der Waals surface area (Å²) in [6, 6.07) is 16.8. The van der Waals surface area contributed by atoms with Gasteiger partial charge in [-0.3, -0.25) is 9.59 Å². The monoisotopic (exact) mass is 1120 g/mol. The summed E-state index contributed by atoms with van der Waals surface area (Å²) in [5.41, 5.74) is 4.24. The highest BCUT2D eigenvalue weighted by Crippen LogP contribution is 2.33. The minimum Gasteiger partial charge on any atom is -0.495 e. The predicted octanol–water partition coefficient (Wildman–Crippen LogP) is 6.52. The zero-order valence-corrected chi connectivity index (χ0v) is 45.6. The quantitative estimate of drug-likeness (QED) is 0.0210. The smallest absolute Gasteiger partial charge is 0.406 e. The number of hydrogen-bond acceptors (Lipinski definition) is 16. The number of carbonyl (C=O) groups is 1. The third kappa shape index (κ3) is 16.4. The third-order valence-electron chi connectivity index (χ3n) is 12.8. The number of likely N-dealkylation sites (tertiary alicyclic amines) is 1. The Labute approximate surface area is 455 Å². The molecule has 1 amide bonds. The SMILES string of the molecule is COc1cc(S(=O)(=O)N(C)CCOCCOCCOCCNC(=O)COc2cccc([C@@H](C)Nc3cc(-c4c(C)noc4C)c[nH]c3=O)n2)ccc1NCC#Cc1cc2c(NC3CCN(C)C[C@@H]3F)cccc2n1CC(F)(F)F. The number of ether oxygens (including phenoxy) is 5. The molecule has 0 bridgehead atoms. The number of likely N-dealkylation sites (N-methyl/N-ethyl adjacent to an activating group) is 1. The average Bonchev–Trinajstić information content (AvgIpc) is 4.03. The molecule has 1 unspecified atom stereocenters. The Balaban J connectivity index is 0.765. The first kappa shape index (κ1) is 59.5. The second kappa shape index (κ2) is 27.6. The molecule has 6 aromatic rings. The number of benzene rings is 2. The number of nitrogens with one attached hydrogen (secondary N) is 5. The van der Waals surface area contributed by atoms with Gasteiger partial charge < -0.3 is 63.9 Å². The molecule has 0 radical (unpaired) electrons. The van der Waals surface area contributed by atoms with Crippen molar-refractivity contribution in [2.45, 2.75) is 63.1 Å². The van der Waals surface area contributed by atoms with Gasteiger partial charge >= 0.3 is 6.18 Å². The molecule has 5 N–H and O–H groups in total. The van der Waals surface area contributed by atoms with Crippen molar-refractivity contribution in [3.63, 3.8) is 0 Å². The van der Waals surface area contributed by atoms with Crippen LogP contribution in [-0.2, 0) is 35.6 Å². The zero-order valence-electron chi connectivity index (χ0n) is 44.8. The van der Waals surface area contributed by atoms with Crippen molar-refractivity contribution in [3.8, 4) is 34.6 Å². The number of H-pyrrole nitrogens is 1. The van der Waals surface area contributed by atoms with Crippen LogP contribution in [0.2, 0.25) is 0 Å². The second-order valence-electron chi connectivity index (χ2n) is 18.7. The Bertz CT molecular complexity index is 3230. The van der Waals surface area contributed by atoms with E-state index in [1.807, 2.05) is 25.8 Å². The minimum atomic E-state index is -4.53. The number of piperidine rings is 1. The largest absolute Gasteiger partial charge is 0.495 e. The summed E-state index contributed by atoms with van der Waals surface area (Å²) < 4.78 is 118. The molecule has 0 spiro atoms. The summed E-state index contributed by atoms with van der Waals surface area (Å²) in [4.78, 5) is 34.2.